The largest absolute Gasteiger partial charge is 0.493 e. The molecule has 4 nitrogen and oxygen atoms in total. The molecule has 0 atom stereocenters. The van der Waals surface area contributed by atoms with E-state index < -0.39 is 0 Å². The smallest absolute Gasteiger partial charge is 0.255 e. The molecule has 22 heavy (non-hydrogen) atoms. The van der Waals surface area contributed by atoms with Gasteiger partial charge in [-0.1, -0.05) is 22.0 Å². The number of hydrogen-bond donors (Lipinski definition) is 1. The minimum Gasteiger partial charge on any atom is -0.493 e. The summed E-state index contributed by atoms with van der Waals surface area (Å²) in [5, 5.41) is 2.67. The molecule has 0 fully saturated rings. The number of methoxy groups -OCH3 is 2. The van der Waals surface area contributed by atoms with Crippen LogP contribution >= 0.6 is 15.9 Å². The Kier molecular flexibility index (Phi) is 5.38. The van der Waals surface area contributed by atoms with Crippen molar-refractivity contribution in [1.29, 1.82) is 0 Å². The zero-order chi connectivity index (χ0) is 16.1. The molecule has 0 aromatic heterocycles. The average molecular weight is 368 g/mol. The topological polar surface area (TPSA) is 47.6 Å². The van der Waals surface area contributed by atoms with E-state index in [2.05, 4.69) is 21.2 Å². The van der Waals surface area contributed by atoms with Gasteiger partial charge in [-0.3, -0.25) is 4.79 Å². The molecule has 0 aliphatic heterocycles. The van der Waals surface area contributed by atoms with Gasteiger partial charge in [-0.15, -0.1) is 0 Å². The number of amides is 1. The van der Waals surface area contributed by atoms with Crippen LogP contribution in [0.2, 0.25) is 0 Å². The first-order valence-electron chi connectivity index (χ1n) is 6.50. The van der Waals surface area contributed by atoms with Gasteiger partial charge < -0.3 is 14.8 Å². The predicted molar refractivity (Wildman–Crippen MR) is 84.8 cm³/mol. The zero-order valence-corrected chi connectivity index (χ0v) is 13.7. The van der Waals surface area contributed by atoms with E-state index in [0.717, 1.165) is 4.47 Å². The number of halogens is 2. The molecule has 2 rings (SSSR count). The zero-order valence-electron chi connectivity index (χ0n) is 12.2. The maximum atomic E-state index is 13.7. The van der Waals surface area contributed by atoms with Gasteiger partial charge in [-0.25, -0.2) is 4.39 Å². The second-order valence-corrected chi connectivity index (χ2v) is 5.38. The maximum absolute atomic E-state index is 13.7. The Hall–Kier alpha value is -2.08. The predicted octanol–water partition coefficient (Wildman–Crippen LogP) is 3.54. The number of nitrogens with one attached hydrogen (secondary N) is 1. The molecule has 0 heterocycles. The van der Waals surface area contributed by atoms with Crippen LogP contribution in [0.1, 0.15) is 15.9 Å². The van der Waals surface area contributed by atoms with E-state index in [1.54, 1.807) is 30.3 Å². The van der Waals surface area contributed by atoms with Crippen LogP contribution in [0.15, 0.2) is 40.9 Å². The minimum atomic E-state index is -0.374. The number of rotatable bonds is 5. The second kappa shape index (κ2) is 7.26. The molecule has 0 saturated carbocycles. The molecule has 0 saturated heterocycles. The SMILES string of the molecule is COc1cccc(C(=O)NCc2cc(Br)ccc2F)c1OC. The van der Waals surface area contributed by atoms with Gasteiger partial charge in [0.2, 0.25) is 0 Å². The van der Waals surface area contributed by atoms with Crippen molar-refractivity contribution < 1.29 is 18.7 Å². The normalized spacial score (nSPS) is 10.2. The second-order valence-electron chi connectivity index (χ2n) is 4.46. The van der Waals surface area contributed by atoms with Gasteiger partial charge in [-0.2, -0.15) is 0 Å². The number of benzene rings is 2. The molecule has 0 aliphatic carbocycles. The molecular weight excluding hydrogens is 353 g/mol. The van der Waals surface area contributed by atoms with Gasteiger partial charge in [0.15, 0.2) is 11.5 Å². The van der Waals surface area contributed by atoms with Crippen LogP contribution < -0.4 is 14.8 Å². The van der Waals surface area contributed by atoms with Crippen LogP contribution in [0.5, 0.6) is 11.5 Å². The lowest BCUT2D eigenvalue weighted by molar-refractivity contribution is 0.0947. The Morgan fingerprint density at radius 3 is 2.68 bits per heavy atom. The van der Waals surface area contributed by atoms with Gasteiger partial charge >= 0.3 is 0 Å². The van der Waals surface area contributed by atoms with Crippen molar-refractivity contribution in [3.05, 3.63) is 57.8 Å². The van der Waals surface area contributed by atoms with Gasteiger partial charge in [0, 0.05) is 16.6 Å². The molecule has 0 spiro atoms. The number of para-hydroxylation sites is 1. The fourth-order valence-corrected chi connectivity index (χ4v) is 2.42. The van der Waals surface area contributed by atoms with Crippen molar-refractivity contribution in [3.63, 3.8) is 0 Å². The number of carbonyl (C=O) groups is 1. The summed E-state index contributed by atoms with van der Waals surface area (Å²) in [7, 11) is 2.96. The third kappa shape index (κ3) is 3.57. The van der Waals surface area contributed by atoms with Gasteiger partial charge in [0.25, 0.3) is 5.91 Å². The summed E-state index contributed by atoms with van der Waals surface area (Å²) >= 11 is 3.27. The van der Waals surface area contributed by atoms with Crippen molar-refractivity contribution in [3.8, 4) is 11.5 Å². The van der Waals surface area contributed by atoms with Crippen LogP contribution in [0, 0.1) is 5.82 Å². The molecule has 2 aromatic carbocycles. The standard InChI is InChI=1S/C16H15BrFNO3/c1-21-14-5-3-4-12(15(14)22-2)16(20)19-9-10-8-11(17)6-7-13(10)18/h3-8H,9H2,1-2H3,(H,19,20). The average Bonchev–Trinajstić information content (AvgIpc) is 2.54. The van der Waals surface area contributed by atoms with Crippen LogP contribution in [0.4, 0.5) is 4.39 Å². The summed E-state index contributed by atoms with van der Waals surface area (Å²) in [6.45, 7) is 0.0739. The first-order valence-corrected chi connectivity index (χ1v) is 7.29. The highest BCUT2D eigenvalue weighted by Crippen LogP contribution is 2.30. The first kappa shape index (κ1) is 16.3. The molecule has 1 N–H and O–H groups in total. The van der Waals surface area contributed by atoms with Crippen LogP contribution in [0.3, 0.4) is 0 Å². The number of ether oxygens (including phenoxy) is 2. The van der Waals surface area contributed by atoms with Crippen molar-refractivity contribution in [2.45, 2.75) is 6.54 Å². The van der Waals surface area contributed by atoms with Crippen molar-refractivity contribution in [1.82, 2.24) is 5.32 Å². The van der Waals surface area contributed by atoms with Crippen LogP contribution in [-0.4, -0.2) is 20.1 Å². The fourth-order valence-electron chi connectivity index (χ4n) is 2.02. The Labute approximate surface area is 136 Å². The van der Waals surface area contributed by atoms with Crippen LogP contribution in [0.25, 0.3) is 0 Å². The Bertz CT molecular complexity index is 691. The molecule has 0 radical (unpaired) electrons. The summed E-state index contributed by atoms with van der Waals surface area (Å²) in [5.74, 6) is 0.0669. The quantitative estimate of drug-likeness (QED) is 0.879. The minimum absolute atomic E-state index is 0.0739. The summed E-state index contributed by atoms with van der Waals surface area (Å²) < 4.78 is 24.8. The number of hydrogen-bond acceptors (Lipinski definition) is 3. The highest BCUT2D eigenvalue weighted by atomic mass is 79.9. The Morgan fingerprint density at radius 2 is 2.00 bits per heavy atom. The molecule has 2 aromatic rings. The first-order chi connectivity index (χ1) is 10.6. The number of carbonyl (C=O) groups excluding carboxylic acids is 1. The summed E-state index contributed by atoms with van der Waals surface area (Å²) in [4.78, 5) is 12.3. The van der Waals surface area contributed by atoms with E-state index in [0.29, 0.717) is 22.6 Å². The Balaban J connectivity index is 2.18. The third-order valence-electron chi connectivity index (χ3n) is 3.09. The summed E-state index contributed by atoms with van der Waals surface area (Å²) in [6.07, 6.45) is 0. The van der Waals surface area contributed by atoms with E-state index in [1.807, 2.05) is 0 Å². The van der Waals surface area contributed by atoms with Gasteiger partial charge in [0.05, 0.1) is 19.8 Å². The third-order valence-corrected chi connectivity index (χ3v) is 3.59. The molecule has 0 unspecified atom stereocenters. The molecule has 0 aliphatic rings. The van der Waals surface area contributed by atoms with E-state index in [1.165, 1.54) is 20.3 Å². The molecule has 116 valence electrons. The maximum Gasteiger partial charge on any atom is 0.255 e. The van der Waals surface area contributed by atoms with Crippen molar-refractivity contribution in [2.75, 3.05) is 14.2 Å². The van der Waals surface area contributed by atoms with E-state index in [-0.39, 0.29) is 18.3 Å². The van der Waals surface area contributed by atoms with E-state index in [4.69, 9.17) is 9.47 Å². The monoisotopic (exact) mass is 367 g/mol. The lowest BCUT2D eigenvalue weighted by atomic mass is 10.1. The summed E-state index contributed by atoms with van der Waals surface area (Å²) in [6, 6.07) is 9.58. The van der Waals surface area contributed by atoms with E-state index >= 15 is 0 Å². The highest BCUT2D eigenvalue weighted by Gasteiger charge is 2.16. The Morgan fingerprint density at radius 1 is 1.23 bits per heavy atom. The van der Waals surface area contributed by atoms with Crippen LogP contribution in [-0.2, 0) is 6.54 Å². The summed E-state index contributed by atoms with van der Waals surface area (Å²) in [5.41, 5.74) is 0.724. The molecule has 6 heteroatoms. The van der Waals surface area contributed by atoms with E-state index in [9.17, 15) is 9.18 Å². The lowest BCUT2D eigenvalue weighted by Gasteiger charge is -2.13. The molecular formula is C16H15BrFNO3. The van der Waals surface area contributed by atoms with Gasteiger partial charge in [0.1, 0.15) is 5.82 Å². The van der Waals surface area contributed by atoms with Gasteiger partial charge in [-0.05, 0) is 30.3 Å². The van der Waals surface area contributed by atoms with Crippen molar-refractivity contribution in [2.24, 2.45) is 0 Å². The fraction of sp³-hybridized carbons (Fsp3) is 0.188. The molecule has 1 amide bonds. The highest BCUT2D eigenvalue weighted by molar-refractivity contribution is 9.10. The van der Waals surface area contributed by atoms with Crippen molar-refractivity contribution >= 4 is 21.8 Å². The lowest BCUT2D eigenvalue weighted by Crippen LogP contribution is -2.24. The molecule has 0 bridgehead atoms.